The molecule has 5 heteroatoms. The Morgan fingerprint density at radius 3 is 2.71 bits per heavy atom. The van der Waals surface area contributed by atoms with Crippen molar-refractivity contribution in [1.29, 1.82) is 5.26 Å². The Balaban J connectivity index is 2.42. The van der Waals surface area contributed by atoms with Gasteiger partial charge >= 0.3 is 0 Å². The summed E-state index contributed by atoms with van der Waals surface area (Å²) in [5.74, 6) is 0.668. The number of para-hydroxylation sites is 1. The first-order valence-electron chi connectivity index (χ1n) is 6.36. The third kappa shape index (κ3) is 2.08. The fourth-order valence-electron chi connectivity index (χ4n) is 2.35. The minimum Gasteiger partial charge on any atom is -0.507 e. The van der Waals surface area contributed by atoms with E-state index in [0.717, 1.165) is 0 Å². The zero-order chi connectivity index (χ0) is 15.0. The molecule has 5 N–H and O–H groups in total. The third-order valence-corrected chi connectivity index (χ3v) is 3.41. The summed E-state index contributed by atoms with van der Waals surface area (Å²) < 4.78 is 5.45. The number of nitrogens with zero attached hydrogens (tertiary/aromatic N) is 1. The van der Waals surface area contributed by atoms with Gasteiger partial charge < -0.3 is 15.6 Å². The molecule has 104 valence electrons. The molecule has 1 aliphatic rings. The molecule has 2 aromatic rings. The molecule has 0 aliphatic carbocycles. The number of fused-ring (bicyclic) bond motifs is 1. The van der Waals surface area contributed by atoms with Crippen LogP contribution in [-0.2, 0) is 0 Å². The van der Waals surface area contributed by atoms with E-state index in [0.29, 0.717) is 33.0 Å². The highest BCUT2D eigenvalue weighted by Gasteiger charge is 2.20. The smallest absolute Gasteiger partial charge is 0.189 e. The van der Waals surface area contributed by atoms with Crippen molar-refractivity contribution in [1.82, 2.24) is 0 Å². The van der Waals surface area contributed by atoms with Crippen LogP contribution in [0.1, 0.15) is 11.1 Å². The Hall–Kier alpha value is -2.97. The van der Waals surface area contributed by atoms with Crippen molar-refractivity contribution >= 4 is 11.8 Å². The fraction of sp³-hybridized carbons (Fsp3) is 0.0625. The number of ether oxygens (including phenoxy) is 1. The first kappa shape index (κ1) is 13.0. The molecule has 0 saturated carbocycles. The first-order valence-corrected chi connectivity index (χ1v) is 6.36. The number of aromatic hydroxyl groups is 1. The second kappa shape index (κ2) is 4.85. The maximum absolute atomic E-state index is 9.89. The lowest BCUT2D eigenvalue weighted by molar-refractivity contribution is 0.277. The van der Waals surface area contributed by atoms with E-state index in [1.807, 2.05) is 0 Å². The summed E-state index contributed by atoms with van der Waals surface area (Å²) >= 11 is 0. The average molecular weight is 279 g/mol. The van der Waals surface area contributed by atoms with Gasteiger partial charge in [-0.15, -0.1) is 0 Å². The van der Waals surface area contributed by atoms with Gasteiger partial charge in [0.2, 0.25) is 0 Å². The molecule has 21 heavy (non-hydrogen) atoms. The summed E-state index contributed by atoms with van der Waals surface area (Å²) in [6, 6.07) is 12.3. The van der Waals surface area contributed by atoms with Crippen LogP contribution in [0.15, 0.2) is 36.4 Å². The Bertz CT molecular complexity index is 881. The fourth-order valence-corrected chi connectivity index (χ4v) is 2.35. The van der Waals surface area contributed by atoms with Crippen LogP contribution < -0.4 is 26.6 Å². The Morgan fingerprint density at radius 2 is 2.00 bits per heavy atom. The van der Waals surface area contributed by atoms with Crippen LogP contribution in [0.3, 0.4) is 0 Å². The zero-order valence-electron chi connectivity index (χ0n) is 11.1. The van der Waals surface area contributed by atoms with Gasteiger partial charge in [-0.1, -0.05) is 18.2 Å². The zero-order valence-corrected chi connectivity index (χ0v) is 11.1. The van der Waals surface area contributed by atoms with E-state index in [4.69, 9.17) is 16.2 Å². The summed E-state index contributed by atoms with van der Waals surface area (Å²) in [7, 11) is 0. The van der Waals surface area contributed by atoms with Crippen molar-refractivity contribution in [3.8, 4) is 17.6 Å². The van der Waals surface area contributed by atoms with Gasteiger partial charge in [-0.3, -0.25) is 5.73 Å². The van der Waals surface area contributed by atoms with E-state index in [1.54, 1.807) is 42.5 Å². The van der Waals surface area contributed by atoms with E-state index in [-0.39, 0.29) is 5.75 Å². The van der Waals surface area contributed by atoms with E-state index in [1.165, 1.54) is 0 Å². The van der Waals surface area contributed by atoms with Crippen LogP contribution in [0.25, 0.3) is 11.8 Å². The molecule has 1 unspecified atom stereocenters. The number of nitriles is 1. The lowest BCUT2D eigenvalue weighted by Gasteiger charge is -2.04. The minimum atomic E-state index is -0.717. The molecule has 0 saturated heterocycles. The highest BCUT2D eigenvalue weighted by Crippen LogP contribution is 2.17. The van der Waals surface area contributed by atoms with Crippen molar-refractivity contribution in [3.63, 3.8) is 0 Å². The third-order valence-electron chi connectivity index (χ3n) is 3.41. The van der Waals surface area contributed by atoms with Gasteiger partial charge in [0.25, 0.3) is 0 Å². The van der Waals surface area contributed by atoms with Crippen LogP contribution in [0.2, 0.25) is 0 Å². The second-order valence-corrected chi connectivity index (χ2v) is 4.71. The maximum Gasteiger partial charge on any atom is 0.189 e. The van der Waals surface area contributed by atoms with E-state index >= 15 is 0 Å². The van der Waals surface area contributed by atoms with Gasteiger partial charge in [0, 0.05) is 16.0 Å². The Labute approximate surface area is 121 Å². The quantitative estimate of drug-likeness (QED) is 0.672. The molecular formula is C16H13N3O2. The monoisotopic (exact) mass is 279 g/mol. The van der Waals surface area contributed by atoms with Crippen LogP contribution in [0, 0.1) is 11.3 Å². The molecule has 2 aromatic carbocycles. The molecule has 1 aliphatic heterocycles. The van der Waals surface area contributed by atoms with Crippen LogP contribution in [0.4, 0.5) is 0 Å². The topological polar surface area (TPSA) is 105 Å². The van der Waals surface area contributed by atoms with Crippen molar-refractivity contribution in [2.45, 2.75) is 6.23 Å². The average Bonchev–Trinajstić information content (AvgIpc) is 2.77. The molecule has 0 bridgehead atoms. The van der Waals surface area contributed by atoms with Crippen molar-refractivity contribution in [2.75, 3.05) is 0 Å². The SMILES string of the molecule is N#Cc1ccc2c(c1=Cc1ccccc1O)=C(N)C(N)O2. The molecular weight excluding hydrogens is 266 g/mol. The van der Waals surface area contributed by atoms with E-state index in [9.17, 15) is 10.4 Å². The highest BCUT2D eigenvalue weighted by molar-refractivity contribution is 5.63. The predicted octanol–water partition coefficient (Wildman–Crippen LogP) is -0.163. The number of nitrogens with two attached hydrogens (primary N) is 2. The minimum absolute atomic E-state index is 0.126. The lowest BCUT2D eigenvalue weighted by Crippen LogP contribution is -2.34. The molecule has 3 rings (SSSR count). The molecule has 1 heterocycles. The van der Waals surface area contributed by atoms with Crippen LogP contribution in [0.5, 0.6) is 11.5 Å². The van der Waals surface area contributed by atoms with Gasteiger partial charge in [0.05, 0.1) is 17.3 Å². The number of rotatable bonds is 1. The molecule has 5 nitrogen and oxygen atoms in total. The summed E-state index contributed by atoms with van der Waals surface area (Å²) in [6.45, 7) is 0. The number of benzene rings is 2. The molecule has 0 aromatic heterocycles. The number of hydrogen-bond acceptors (Lipinski definition) is 5. The van der Waals surface area contributed by atoms with Gasteiger partial charge in [0.1, 0.15) is 11.5 Å². The first-order chi connectivity index (χ1) is 10.1. The Kier molecular flexibility index (Phi) is 3.01. The second-order valence-electron chi connectivity index (χ2n) is 4.71. The van der Waals surface area contributed by atoms with Gasteiger partial charge in [-0.2, -0.15) is 5.26 Å². The van der Waals surface area contributed by atoms with Gasteiger partial charge in [-0.05, 0) is 24.3 Å². The maximum atomic E-state index is 9.89. The van der Waals surface area contributed by atoms with Crippen LogP contribution in [-0.4, -0.2) is 11.3 Å². The lowest BCUT2D eigenvalue weighted by atomic mass is 10.1. The molecule has 0 radical (unpaired) electrons. The summed E-state index contributed by atoms with van der Waals surface area (Å²) in [6.07, 6.45) is 0.992. The highest BCUT2D eigenvalue weighted by atomic mass is 16.5. The van der Waals surface area contributed by atoms with Gasteiger partial charge in [0.15, 0.2) is 6.23 Å². The van der Waals surface area contributed by atoms with E-state index < -0.39 is 6.23 Å². The predicted molar refractivity (Wildman–Crippen MR) is 78.3 cm³/mol. The van der Waals surface area contributed by atoms with E-state index in [2.05, 4.69) is 6.07 Å². The summed E-state index contributed by atoms with van der Waals surface area (Å²) in [5, 5.41) is 20.4. The molecule has 1 atom stereocenters. The van der Waals surface area contributed by atoms with Crippen molar-refractivity contribution in [2.24, 2.45) is 11.5 Å². The molecule has 0 amide bonds. The van der Waals surface area contributed by atoms with Crippen molar-refractivity contribution in [3.05, 3.63) is 58.0 Å². The number of phenols is 1. The standard InChI is InChI=1S/C16H13N3O2/c17-8-10-5-6-13-14(15(18)16(19)21-13)11(10)7-9-3-1-2-4-12(9)20/h1-7,16,20H,18-19H2. The molecule has 0 fully saturated rings. The van der Waals surface area contributed by atoms with Crippen LogP contribution >= 0.6 is 0 Å². The summed E-state index contributed by atoms with van der Waals surface area (Å²) in [4.78, 5) is 0. The Morgan fingerprint density at radius 1 is 1.24 bits per heavy atom. The van der Waals surface area contributed by atoms with Gasteiger partial charge in [-0.25, -0.2) is 0 Å². The summed E-state index contributed by atoms with van der Waals surface area (Å²) in [5.41, 5.74) is 13.2. The number of phenolic OH excluding ortho intramolecular Hbond substituents is 1. The molecule has 0 spiro atoms. The normalized spacial score (nSPS) is 17.2. The van der Waals surface area contributed by atoms with Crippen molar-refractivity contribution < 1.29 is 9.84 Å². The number of hydrogen-bond donors (Lipinski definition) is 3. The largest absolute Gasteiger partial charge is 0.507 e.